The summed E-state index contributed by atoms with van der Waals surface area (Å²) in [4.78, 5) is 17.3. The second kappa shape index (κ2) is 3.96. The first-order valence-electron chi connectivity index (χ1n) is 4.64. The first-order chi connectivity index (χ1) is 6.77. The fourth-order valence-electron chi connectivity index (χ4n) is 1.58. The summed E-state index contributed by atoms with van der Waals surface area (Å²) in [7, 11) is 0. The molecule has 0 N–H and O–H groups in total. The van der Waals surface area contributed by atoms with Gasteiger partial charge in [0.05, 0.1) is 5.02 Å². The van der Waals surface area contributed by atoms with Crippen LogP contribution in [0.4, 0.5) is 5.82 Å². The number of rotatable bonds is 1. The van der Waals surface area contributed by atoms with Gasteiger partial charge >= 0.3 is 0 Å². The van der Waals surface area contributed by atoms with Gasteiger partial charge in [0.25, 0.3) is 0 Å². The van der Waals surface area contributed by atoms with Crippen molar-refractivity contribution in [1.82, 2.24) is 4.98 Å². The third-order valence-corrected chi connectivity index (χ3v) is 2.65. The molecule has 1 fully saturated rings. The molecule has 0 radical (unpaired) electrons. The van der Waals surface area contributed by atoms with Gasteiger partial charge < -0.3 is 4.90 Å². The van der Waals surface area contributed by atoms with Crippen LogP contribution in [0.1, 0.15) is 12.8 Å². The number of hydrogen-bond donors (Lipinski definition) is 0. The highest BCUT2D eigenvalue weighted by Crippen LogP contribution is 2.24. The van der Waals surface area contributed by atoms with Crippen molar-refractivity contribution in [3.63, 3.8) is 0 Å². The first-order valence-corrected chi connectivity index (χ1v) is 5.02. The molecule has 2 heterocycles. The number of pyridine rings is 1. The van der Waals surface area contributed by atoms with Gasteiger partial charge in [0, 0.05) is 32.1 Å². The van der Waals surface area contributed by atoms with Crippen LogP contribution in [-0.4, -0.2) is 23.9 Å². The molecule has 14 heavy (non-hydrogen) atoms. The third-order valence-electron chi connectivity index (χ3n) is 2.36. The Bertz CT molecular complexity index is 344. The minimum absolute atomic E-state index is 0.327. The van der Waals surface area contributed by atoms with E-state index < -0.39 is 0 Å². The lowest BCUT2D eigenvalue weighted by molar-refractivity contribution is -0.119. The first kappa shape index (κ1) is 9.46. The number of ketones is 1. The van der Waals surface area contributed by atoms with E-state index in [4.69, 9.17) is 11.6 Å². The number of halogens is 1. The molecular formula is C10H11ClN2O. The topological polar surface area (TPSA) is 33.2 Å². The summed E-state index contributed by atoms with van der Waals surface area (Å²) in [6.07, 6.45) is 2.93. The van der Waals surface area contributed by atoms with Crippen LogP contribution in [0, 0.1) is 0 Å². The van der Waals surface area contributed by atoms with Gasteiger partial charge in [-0.1, -0.05) is 11.6 Å². The molecule has 1 aromatic heterocycles. The maximum Gasteiger partial charge on any atom is 0.147 e. The molecule has 1 aliphatic heterocycles. The Morgan fingerprint density at radius 3 is 2.71 bits per heavy atom. The fourth-order valence-corrected chi connectivity index (χ4v) is 1.82. The molecule has 1 aromatic rings. The van der Waals surface area contributed by atoms with Crippen molar-refractivity contribution in [2.75, 3.05) is 18.0 Å². The predicted octanol–water partition coefficient (Wildman–Crippen LogP) is 1.90. The van der Waals surface area contributed by atoms with E-state index >= 15 is 0 Å². The SMILES string of the molecule is O=C1CCN(c2ncccc2Cl)CC1. The molecule has 0 atom stereocenters. The lowest BCUT2D eigenvalue weighted by Crippen LogP contribution is -2.34. The van der Waals surface area contributed by atoms with Crippen molar-refractivity contribution in [2.45, 2.75) is 12.8 Å². The normalized spacial score (nSPS) is 17.2. The van der Waals surface area contributed by atoms with Crippen molar-refractivity contribution in [1.29, 1.82) is 0 Å². The summed E-state index contributed by atoms with van der Waals surface area (Å²) in [6, 6.07) is 3.63. The number of nitrogens with zero attached hydrogens (tertiary/aromatic N) is 2. The van der Waals surface area contributed by atoms with Crippen LogP contribution < -0.4 is 4.90 Å². The van der Waals surface area contributed by atoms with Crippen molar-refractivity contribution in [2.24, 2.45) is 0 Å². The zero-order valence-electron chi connectivity index (χ0n) is 7.74. The summed E-state index contributed by atoms with van der Waals surface area (Å²) in [5, 5.41) is 0.654. The molecule has 0 unspecified atom stereocenters. The van der Waals surface area contributed by atoms with E-state index in [1.165, 1.54) is 0 Å². The molecule has 1 aliphatic rings. The van der Waals surface area contributed by atoms with E-state index in [1.54, 1.807) is 12.3 Å². The van der Waals surface area contributed by atoms with E-state index in [-0.39, 0.29) is 0 Å². The van der Waals surface area contributed by atoms with Crippen LogP contribution in [0.5, 0.6) is 0 Å². The second-order valence-corrected chi connectivity index (χ2v) is 3.74. The van der Waals surface area contributed by atoms with Gasteiger partial charge in [-0.05, 0) is 12.1 Å². The maximum atomic E-state index is 11.0. The Morgan fingerprint density at radius 2 is 2.07 bits per heavy atom. The van der Waals surface area contributed by atoms with Crippen molar-refractivity contribution in [3.05, 3.63) is 23.4 Å². The monoisotopic (exact) mass is 210 g/mol. The minimum Gasteiger partial charge on any atom is -0.355 e. The molecule has 0 aliphatic carbocycles. The smallest absolute Gasteiger partial charge is 0.147 e. The fraction of sp³-hybridized carbons (Fsp3) is 0.400. The molecule has 2 rings (SSSR count). The highest BCUT2D eigenvalue weighted by molar-refractivity contribution is 6.32. The number of Topliss-reactive ketones (excluding diaryl/α,β-unsaturated/α-hetero) is 1. The lowest BCUT2D eigenvalue weighted by Gasteiger charge is -2.27. The van der Waals surface area contributed by atoms with Gasteiger partial charge in [0.1, 0.15) is 11.6 Å². The van der Waals surface area contributed by atoms with E-state index in [1.807, 2.05) is 6.07 Å². The molecule has 0 amide bonds. The van der Waals surface area contributed by atoms with Crippen molar-refractivity contribution >= 4 is 23.2 Å². The lowest BCUT2D eigenvalue weighted by atomic mass is 10.1. The van der Waals surface area contributed by atoms with Crippen molar-refractivity contribution < 1.29 is 4.79 Å². The van der Waals surface area contributed by atoms with Crippen LogP contribution in [-0.2, 0) is 4.79 Å². The Balaban J connectivity index is 2.16. The molecule has 1 saturated heterocycles. The average Bonchev–Trinajstić information content (AvgIpc) is 2.20. The summed E-state index contributed by atoms with van der Waals surface area (Å²) in [5.41, 5.74) is 0. The Kier molecular flexibility index (Phi) is 2.68. The van der Waals surface area contributed by atoms with E-state index in [0.29, 0.717) is 23.6 Å². The molecule has 0 bridgehead atoms. The number of carbonyl (C=O) groups excluding carboxylic acids is 1. The maximum absolute atomic E-state index is 11.0. The molecule has 0 aromatic carbocycles. The molecule has 3 nitrogen and oxygen atoms in total. The van der Waals surface area contributed by atoms with Gasteiger partial charge in [-0.3, -0.25) is 4.79 Å². The summed E-state index contributed by atoms with van der Waals surface area (Å²) >= 11 is 6.00. The Labute approximate surface area is 87.7 Å². The van der Waals surface area contributed by atoms with Gasteiger partial charge in [-0.25, -0.2) is 4.98 Å². The summed E-state index contributed by atoms with van der Waals surface area (Å²) < 4.78 is 0. The number of piperidine rings is 1. The van der Waals surface area contributed by atoms with E-state index in [0.717, 1.165) is 18.9 Å². The van der Waals surface area contributed by atoms with Crippen molar-refractivity contribution in [3.8, 4) is 0 Å². The average molecular weight is 211 g/mol. The van der Waals surface area contributed by atoms with Gasteiger partial charge in [0.15, 0.2) is 0 Å². The van der Waals surface area contributed by atoms with Crippen LogP contribution in [0.3, 0.4) is 0 Å². The van der Waals surface area contributed by atoms with Crippen LogP contribution in [0.2, 0.25) is 5.02 Å². The predicted molar refractivity (Wildman–Crippen MR) is 55.7 cm³/mol. The second-order valence-electron chi connectivity index (χ2n) is 3.33. The van der Waals surface area contributed by atoms with Gasteiger partial charge in [-0.2, -0.15) is 0 Å². The molecule has 0 spiro atoms. The van der Waals surface area contributed by atoms with Gasteiger partial charge in [0.2, 0.25) is 0 Å². The van der Waals surface area contributed by atoms with E-state index in [2.05, 4.69) is 9.88 Å². The summed E-state index contributed by atoms with van der Waals surface area (Å²) in [5.74, 6) is 1.12. The molecular weight excluding hydrogens is 200 g/mol. The van der Waals surface area contributed by atoms with Crippen LogP contribution in [0.15, 0.2) is 18.3 Å². The summed E-state index contributed by atoms with van der Waals surface area (Å²) in [6.45, 7) is 1.46. The number of aromatic nitrogens is 1. The van der Waals surface area contributed by atoms with Crippen LogP contribution in [0.25, 0.3) is 0 Å². The standard InChI is InChI=1S/C10H11ClN2O/c11-9-2-1-5-12-10(9)13-6-3-8(14)4-7-13/h1-2,5H,3-4,6-7H2. The zero-order valence-corrected chi connectivity index (χ0v) is 8.50. The number of anilines is 1. The largest absolute Gasteiger partial charge is 0.355 e. The van der Waals surface area contributed by atoms with Gasteiger partial charge in [-0.15, -0.1) is 0 Å². The Hall–Kier alpha value is -1.09. The highest BCUT2D eigenvalue weighted by atomic mass is 35.5. The molecule has 0 saturated carbocycles. The Morgan fingerprint density at radius 1 is 1.36 bits per heavy atom. The highest BCUT2D eigenvalue weighted by Gasteiger charge is 2.18. The number of hydrogen-bond acceptors (Lipinski definition) is 3. The minimum atomic E-state index is 0.327. The molecule has 4 heteroatoms. The number of carbonyl (C=O) groups is 1. The van der Waals surface area contributed by atoms with E-state index in [9.17, 15) is 4.79 Å². The third kappa shape index (κ3) is 1.87. The molecule has 74 valence electrons. The quantitative estimate of drug-likeness (QED) is 0.710. The van der Waals surface area contributed by atoms with Crippen LogP contribution >= 0.6 is 11.6 Å². The zero-order chi connectivity index (χ0) is 9.97.